The monoisotopic (exact) mass is 371 g/mol. The molecule has 0 spiro atoms. The maximum Gasteiger partial charge on any atom is 0.252 e. The van der Waals surface area contributed by atoms with Crippen molar-refractivity contribution in [2.75, 3.05) is 26.2 Å². The van der Waals surface area contributed by atoms with Crippen LogP contribution in [-0.2, 0) is 21.2 Å². The van der Waals surface area contributed by atoms with Crippen molar-refractivity contribution in [1.29, 1.82) is 0 Å². The Labute approximate surface area is 147 Å². The fourth-order valence-electron chi connectivity index (χ4n) is 3.20. The van der Waals surface area contributed by atoms with Crippen LogP contribution in [0.5, 0.6) is 0 Å². The van der Waals surface area contributed by atoms with E-state index >= 15 is 0 Å². The van der Waals surface area contributed by atoms with Crippen LogP contribution in [0, 0.1) is 0 Å². The summed E-state index contributed by atoms with van der Waals surface area (Å²) in [7, 11) is -3.34. The summed E-state index contributed by atoms with van der Waals surface area (Å²) < 4.78 is 27.2. The van der Waals surface area contributed by atoms with Crippen LogP contribution in [0.4, 0.5) is 0 Å². The van der Waals surface area contributed by atoms with Crippen molar-refractivity contribution < 1.29 is 13.2 Å². The van der Waals surface area contributed by atoms with Crippen LogP contribution in [0.2, 0.25) is 0 Å². The van der Waals surface area contributed by atoms with Gasteiger partial charge in [-0.3, -0.25) is 4.79 Å². The number of hydrogen-bond donors (Lipinski definition) is 2. The van der Waals surface area contributed by atoms with Crippen LogP contribution >= 0.6 is 11.3 Å². The van der Waals surface area contributed by atoms with Gasteiger partial charge in [0.2, 0.25) is 5.91 Å². The molecule has 3 heterocycles. The number of piperidine rings is 1. The topological polar surface area (TPSA) is 78.5 Å². The maximum atomic E-state index is 12.6. The zero-order valence-electron chi connectivity index (χ0n) is 13.8. The highest BCUT2D eigenvalue weighted by Gasteiger charge is 2.27. The van der Waals surface area contributed by atoms with Gasteiger partial charge in [0.25, 0.3) is 10.0 Å². The van der Waals surface area contributed by atoms with E-state index in [-0.39, 0.29) is 11.9 Å². The second kappa shape index (κ2) is 7.95. The predicted molar refractivity (Wildman–Crippen MR) is 94.7 cm³/mol. The predicted octanol–water partition coefficient (Wildman–Crippen LogP) is 1.33. The average Bonchev–Trinajstić information content (AvgIpc) is 3.28. The number of rotatable bonds is 6. The van der Waals surface area contributed by atoms with E-state index in [1.165, 1.54) is 11.3 Å². The number of carbonyl (C=O) groups is 1. The van der Waals surface area contributed by atoms with Crippen LogP contribution in [-0.4, -0.2) is 50.9 Å². The Morgan fingerprint density at radius 1 is 1.25 bits per heavy atom. The first-order valence-electron chi connectivity index (χ1n) is 8.67. The molecule has 6 nitrogen and oxygen atoms in total. The summed E-state index contributed by atoms with van der Waals surface area (Å²) in [5.74, 6) is 0.0465. The molecule has 0 aromatic carbocycles. The lowest BCUT2D eigenvalue weighted by molar-refractivity contribution is -0.122. The smallest absolute Gasteiger partial charge is 0.252 e. The van der Waals surface area contributed by atoms with Crippen molar-refractivity contribution in [1.82, 2.24) is 14.9 Å². The molecule has 1 aromatic rings. The fraction of sp³-hybridized carbons (Fsp3) is 0.688. The van der Waals surface area contributed by atoms with E-state index in [9.17, 15) is 13.2 Å². The highest BCUT2D eigenvalue weighted by Crippen LogP contribution is 2.27. The molecule has 0 bridgehead atoms. The van der Waals surface area contributed by atoms with E-state index in [0.29, 0.717) is 30.3 Å². The van der Waals surface area contributed by atoms with Gasteiger partial charge < -0.3 is 10.6 Å². The van der Waals surface area contributed by atoms with E-state index in [4.69, 9.17) is 0 Å². The molecular formula is C16H25N3O3S2. The lowest BCUT2D eigenvalue weighted by Gasteiger charge is -2.25. The molecule has 0 radical (unpaired) electrons. The quantitative estimate of drug-likeness (QED) is 0.791. The van der Waals surface area contributed by atoms with Gasteiger partial charge in [-0.25, -0.2) is 8.42 Å². The SMILES string of the molecule is O=C(NCCc1ccc(S(=O)(=O)N2CCCCC2)s1)C1CCCN1. The molecule has 1 amide bonds. The van der Waals surface area contributed by atoms with Gasteiger partial charge in [0.1, 0.15) is 4.21 Å². The second-order valence-electron chi connectivity index (χ2n) is 6.38. The maximum absolute atomic E-state index is 12.6. The Kier molecular flexibility index (Phi) is 5.91. The van der Waals surface area contributed by atoms with Gasteiger partial charge in [-0.05, 0) is 50.8 Å². The number of nitrogens with zero attached hydrogens (tertiary/aromatic N) is 1. The molecule has 2 aliphatic rings. The molecule has 1 aromatic heterocycles. The molecule has 2 aliphatic heterocycles. The minimum Gasteiger partial charge on any atom is -0.354 e. The zero-order valence-corrected chi connectivity index (χ0v) is 15.4. The third-order valence-electron chi connectivity index (χ3n) is 4.59. The molecule has 2 fully saturated rings. The highest BCUT2D eigenvalue weighted by molar-refractivity contribution is 7.91. The van der Waals surface area contributed by atoms with Crippen molar-refractivity contribution in [3.8, 4) is 0 Å². The molecule has 3 rings (SSSR count). The average molecular weight is 372 g/mol. The van der Waals surface area contributed by atoms with Gasteiger partial charge in [0.15, 0.2) is 0 Å². The van der Waals surface area contributed by atoms with Gasteiger partial charge >= 0.3 is 0 Å². The summed E-state index contributed by atoms with van der Waals surface area (Å²) in [6.07, 6.45) is 5.59. The Morgan fingerprint density at radius 3 is 2.75 bits per heavy atom. The van der Waals surface area contributed by atoms with E-state index in [1.54, 1.807) is 10.4 Å². The number of thiophene rings is 1. The van der Waals surface area contributed by atoms with Crippen LogP contribution in [0.15, 0.2) is 16.3 Å². The van der Waals surface area contributed by atoms with Crippen LogP contribution < -0.4 is 10.6 Å². The van der Waals surface area contributed by atoms with Gasteiger partial charge in [-0.15, -0.1) is 11.3 Å². The first-order chi connectivity index (χ1) is 11.6. The molecular weight excluding hydrogens is 346 g/mol. The van der Waals surface area contributed by atoms with Crippen LogP contribution in [0.1, 0.15) is 37.0 Å². The zero-order chi connectivity index (χ0) is 17.0. The highest BCUT2D eigenvalue weighted by atomic mass is 32.2. The molecule has 8 heteroatoms. The normalized spacial score (nSPS) is 22.6. The molecule has 0 aliphatic carbocycles. The Balaban J connectivity index is 1.52. The Morgan fingerprint density at radius 2 is 2.04 bits per heavy atom. The summed E-state index contributed by atoms with van der Waals surface area (Å²) in [6.45, 7) is 2.70. The van der Waals surface area contributed by atoms with E-state index in [1.807, 2.05) is 6.07 Å². The number of sulfonamides is 1. The molecule has 1 atom stereocenters. The second-order valence-corrected chi connectivity index (χ2v) is 9.71. The lowest BCUT2D eigenvalue weighted by Crippen LogP contribution is -2.41. The van der Waals surface area contributed by atoms with Gasteiger partial charge in [-0.2, -0.15) is 4.31 Å². The molecule has 0 saturated carbocycles. The van der Waals surface area contributed by atoms with Crippen molar-refractivity contribution >= 4 is 27.3 Å². The van der Waals surface area contributed by atoms with E-state index < -0.39 is 10.0 Å². The number of carbonyl (C=O) groups excluding carboxylic acids is 1. The van der Waals surface area contributed by atoms with Crippen LogP contribution in [0.25, 0.3) is 0 Å². The standard InChI is InChI=1S/C16H25N3O3S2/c20-16(14-5-4-9-17-14)18-10-8-13-6-7-15(23-13)24(21,22)19-11-2-1-3-12-19/h6-7,14,17H,1-5,8-12H2,(H,18,20). The van der Waals surface area contributed by atoms with Crippen molar-refractivity contribution in [3.05, 3.63) is 17.0 Å². The summed E-state index contributed by atoms with van der Waals surface area (Å²) in [5.41, 5.74) is 0. The first-order valence-corrected chi connectivity index (χ1v) is 10.9. The van der Waals surface area contributed by atoms with Crippen molar-refractivity contribution in [2.24, 2.45) is 0 Å². The first kappa shape index (κ1) is 17.8. The van der Waals surface area contributed by atoms with E-state index in [2.05, 4.69) is 10.6 Å². The molecule has 134 valence electrons. The Bertz CT molecular complexity index is 660. The fourth-order valence-corrected chi connectivity index (χ4v) is 6.23. The number of nitrogens with one attached hydrogen (secondary N) is 2. The molecule has 2 N–H and O–H groups in total. The lowest BCUT2D eigenvalue weighted by atomic mass is 10.2. The molecule has 1 unspecified atom stereocenters. The third kappa shape index (κ3) is 4.17. The van der Waals surface area contributed by atoms with E-state index in [0.717, 1.165) is 43.5 Å². The van der Waals surface area contributed by atoms with Crippen molar-refractivity contribution in [2.45, 2.75) is 48.8 Å². The number of amides is 1. The minimum atomic E-state index is -3.34. The summed E-state index contributed by atoms with van der Waals surface area (Å²) in [5, 5.41) is 6.10. The molecule has 24 heavy (non-hydrogen) atoms. The largest absolute Gasteiger partial charge is 0.354 e. The number of hydrogen-bond acceptors (Lipinski definition) is 5. The summed E-state index contributed by atoms with van der Waals surface area (Å²) in [4.78, 5) is 12.9. The minimum absolute atomic E-state index is 0.0465. The van der Waals surface area contributed by atoms with Gasteiger partial charge in [-0.1, -0.05) is 6.42 Å². The van der Waals surface area contributed by atoms with Crippen LogP contribution in [0.3, 0.4) is 0 Å². The van der Waals surface area contributed by atoms with Crippen molar-refractivity contribution in [3.63, 3.8) is 0 Å². The van der Waals surface area contributed by atoms with Gasteiger partial charge in [0.05, 0.1) is 6.04 Å². The van der Waals surface area contributed by atoms with Gasteiger partial charge in [0, 0.05) is 24.5 Å². The summed E-state index contributed by atoms with van der Waals surface area (Å²) in [6, 6.07) is 3.49. The summed E-state index contributed by atoms with van der Waals surface area (Å²) >= 11 is 1.32. The Hall–Kier alpha value is -0.960. The molecule has 2 saturated heterocycles. The third-order valence-corrected chi connectivity index (χ3v) is 8.10.